The van der Waals surface area contributed by atoms with Gasteiger partial charge in [-0.25, -0.2) is 0 Å². The number of benzene rings is 2. The summed E-state index contributed by atoms with van der Waals surface area (Å²) in [4.78, 5) is 12.1. The van der Waals surface area contributed by atoms with Crippen molar-refractivity contribution in [3.8, 4) is 11.5 Å². The maximum absolute atomic E-state index is 12.1. The van der Waals surface area contributed by atoms with Gasteiger partial charge in [0.25, 0.3) is 5.91 Å². The third-order valence-electron chi connectivity index (χ3n) is 3.71. The zero-order valence-corrected chi connectivity index (χ0v) is 14.1. The van der Waals surface area contributed by atoms with Gasteiger partial charge >= 0.3 is 0 Å². The second-order valence-electron chi connectivity index (χ2n) is 5.59. The Morgan fingerprint density at radius 1 is 1.13 bits per heavy atom. The molecular formula is C19H23NO3. The molecule has 2 rings (SSSR count). The van der Waals surface area contributed by atoms with E-state index in [9.17, 15) is 4.79 Å². The van der Waals surface area contributed by atoms with Crippen molar-refractivity contribution < 1.29 is 14.3 Å². The number of carbonyl (C=O) groups is 1. The van der Waals surface area contributed by atoms with Crippen LogP contribution in [0.1, 0.15) is 29.7 Å². The fourth-order valence-corrected chi connectivity index (χ4v) is 2.47. The van der Waals surface area contributed by atoms with Crippen LogP contribution in [0.3, 0.4) is 0 Å². The molecule has 0 saturated carbocycles. The van der Waals surface area contributed by atoms with Gasteiger partial charge in [-0.15, -0.1) is 0 Å². The molecule has 0 aliphatic carbocycles. The summed E-state index contributed by atoms with van der Waals surface area (Å²) in [5.41, 5.74) is 3.46. The first kappa shape index (κ1) is 16.9. The Morgan fingerprint density at radius 2 is 1.83 bits per heavy atom. The van der Waals surface area contributed by atoms with Crippen molar-refractivity contribution in [1.82, 2.24) is 5.32 Å². The molecule has 0 aliphatic rings. The molecule has 2 aromatic rings. The van der Waals surface area contributed by atoms with Crippen LogP contribution >= 0.6 is 0 Å². The lowest BCUT2D eigenvalue weighted by molar-refractivity contribution is -0.123. The van der Waals surface area contributed by atoms with Gasteiger partial charge in [0, 0.05) is 0 Å². The first-order chi connectivity index (χ1) is 11.0. The van der Waals surface area contributed by atoms with Crippen LogP contribution in [0.4, 0.5) is 0 Å². The summed E-state index contributed by atoms with van der Waals surface area (Å²) < 4.78 is 10.7. The molecular weight excluding hydrogens is 290 g/mol. The second kappa shape index (κ2) is 7.68. The second-order valence-corrected chi connectivity index (χ2v) is 5.59. The van der Waals surface area contributed by atoms with Crippen molar-refractivity contribution in [2.24, 2.45) is 0 Å². The lowest BCUT2D eigenvalue weighted by Crippen LogP contribution is -2.31. The monoisotopic (exact) mass is 313 g/mol. The number of rotatable bonds is 6. The quantitative estimate of drug-likeness (QED) is 0.887. The van der Waals surface area contributed by atoms with Gasteiger partial charge in [-0.05, 0) is 44.0 Å². The van der Waals surface area contributed by atoms with Crippen molar-refractivity contribution >= 4 is 5.91 Å². The number of carbonyl (C=O) groups excluding carboxylic acids is 1. The molecule has 1 amide bonds. The smallest absolute Gasteiger partial charge is 0.258 e. The third-order valence-corrected chi connectivity index (χ3v) is 3.71. The number of hydrogen-bond donors (Lipinski definition) is 1. The number of methoxy groups -OCH3 is 1. The highest BCUT2D eigenvalue weighted by molar-refractivity contribution is 5.78. The molecule has 0 aromatic heterocycles. The van der Waals surface area contributed by atoms with Crippen LogP contribution in [0.25, 0.3) is 0 Å². The molecule has 1 atom stereocenters. The molecule has 0 bridgehead atoms. The predicted octanol–water partition coefficient (Wildman–Crippen LogP) is 3.57. The minimum Gasteiger partial charge on any atom is -0.493 e. The fraction of sp³-hybridized carbons (Fsp3) is 0.316. The van der Waals surface area contributed by atoms with E-state index in [1.54, 1.807) is 19.2 Å². The van der Waals surface area contributed by atoms with Crippen molar-refractivity contribution in [2.45, 2.75) is 26.8 Å². The van der Waals surface area contributed by atoms with E-state index in [0.29, 0.717) is 11.5 Å². The molecule has 4 heteroatoms. The Morgan fingerprint density at radius 3 is 2.52 bits per heavy atom. The highest BCUT2D eigenvalue weighted by atomic mass is 16.5. The van der Waals surface area contributed by atoms with E-state index in [1.165, 1.54) is 5.56 Å². The number of hydrogen-bond acceptors (Lipinski definition) is 3. The van der Waals surface area contributed by atoms with E-state index in [4.69, 9.17) is 9.47 Å². The standard InChI is InChI=1S/C19H23NO3/c1-13-9-10-14(2)16(11-13)15(3)20-19(21)12-23-18-8-6-5-7-17(18)22-4/h5-11,15H,12H2,1-4H3,(H,20,21)/t15-/m0/s1. The summed E-state index contributed by atoms with van der Waals surface area (Å²) in [6.07, 6.45) is 0. The minimum absolute atomic E-state index is 0.0461. The molecule has 0 unspecified atom stereocenters. The fourth-order valence-electron chi connectivity index (χ4n) is 2.47. The molecule has 1 N–H and O–H groups in total. The Bertz CT molecular complexity index is 682. The lowest BCUT2D eigenvalue weighted by atomic mass is 10.00. The molecule has 0 aliphatic heterocycles. The molecule has 0 saturated heterocycles. The van der Waals surface area contributed by atoms with E-state index in [-0.39, 0.29) is 18.6 Å². The molecule has 122 valence electrons. The van der Waals surface area contributed by atoms with Crippen LogP contribution in [0.2, 0.25) is 0 Å². The minimum atomic E-state index is -0.163. The van der Waals surface area contributed by atoms with Crippen LogP contribution < -0.4 is 14.8 Å². The molecule has 0 fully saturated rings. The van der Waals surface area contributed by atoms with Crippen LogP contribution in [-0.4, -0.2) is 19.6 Å². The highest BCUT2D eigenvalue weighted by Crippen LogP contribution is 2.25. The topological polar surface area (TPSA) is 47.6 Å². The van der Waals surface area contributed by atoms with Crippen LogP contribution in [0.15, 0.2) is 42.5 Å². The van der Waals surface area contributed by atoms with Gasteiger partial charge in [0.1, 0.15) is 0 Å². The normalized spacial score (nSPS) is 11.7. The van der Waals surface area contributed by atoms with Gasteiger partial charge < -0.3 is 14.8 Å². The number of para-hydroxylation sites is 2. The maximum Gasteiger partial charge on any atom is 0.258 e. The van der Waals surface area contributed by atoms with E-state index >= 15 is 0 Å². The van der Waals surface area contributed by atoms with Gasteiger partial charge in [-0.3, -0.25) is 4.79 Å². The van der Waals surface area contributed by atoms with Gasteiger partial charge in [-0.1, -0.05) is 35.9 Å². The maximum atomic E-state index is 12.1. The summed E-state index contributed by atoms with van der Waals surface area (Å²) in [5, 5.41) is 2.97. The molecule has 0 spiro atoms. The largest absolute Gasteiger partial charge is 0.493 e. The number of aryl methyl sites for hydroxylation is 2. The first-order valence-electron chi connectivity index (χ1n) is 7.63. The molecule has 4 nitrogen and oxygen atoms in total. The van der Waals surface area contributed by atoms with E-state index < -0.39 is 0 Å². The molecule has 0 heterocycles. The summed E-state index contributed by atoms with van der Waals surface area (Å²) >= 11 is 0. The number of nitrogens with one attached hydrogen (secondary N) is 1. The van der Waals surface area contributed by atoms with Gasteiger partial charge in [0.05, 0.1) is 13.2 Å². The van der Waals surface area contributed by atoms with Crippen LogP contribution in [0, 0.1) is 13.8 Å². The van der Waals surface area contributed by atoms with Crippen LogP contribution in [-0.2, 0) is 4.79 Å². The Labute approximate surface area is 137 Å². The zero-order valence-electron chi connectivity index (χ0n) is 14.1. The number of amides is 1. The Balaban J connectivity index is 1.95. The van der Waals surface area contributed by atoms with E-state index in [2.05, 4.69) is 23.5 Å². The highest BCUT2D eigenvalue weighted by Gasteiger charge is 2.13. The molecule has 0 radical (unpaired) electrons. The summed E-state index contributed by atoms with van der Waals surface area (Å²) in [7, 11) is 1.57. The zero-order chi connectivity index (χ0) is 16.8. The average Bonchev–Trinajstić information content (AvgIpc) is 2.55. The van der Waals surface area contributed by atoms with Gasteiger partial charge in [0.15, 0.2) is 18.1 Å². The Kier molecular flexibility index (Phi) is 5.63. The summed E-state index contributed by atoms with van der Waals surface area (Å²) in [6, 6.07) is 13.4. The van der Waals surface area contributed by atoms with Gasteiger partial charge in [0.2, 0.25) is 0 Å². The van der Waals surface area contributed by atoms with Crippen molar-refractivity contribution in [2.75, 3.05) is 13.7 Å². The summed E-state index contributed by atoms with van der Waals surface area (Å²) in [6.45, 7) is 6.02. The van der Waals surface area contributed by atoms with Crippen molar-refractivity contribution in [3.05, 3.63) is 59.2 Å². The van der Waals surface area contributed by atoms with E-state index in [0.717, 1.165) is 11.1 Å². The molecule has 23 heavy (non-hydrogen) atoms. The third kappa shape index (κ3) is 4.49. The number of ether oxygens (including phenoxy) is 2. The van der Waals surface area contributed by atoms with Gasteiger partial charge in [-0.2, -0.15) is 0 Å². The first-order valence-corrected chi connectivity index (χ1v) is 7.63. The Hall–Kier alpha value is -2.49. The van der Waals surface area contributed by atoms with E-state index in [1.807, 2.05) is 32.9 Å². The van der Waals surface area contributed by atoms with Crippen molar-refractivity contribution in [1.29, 1.82) is 0 Å². The van der Waals surface area contributed by atoms with Crippen molar-refractivity contribution in [3.63, 3.8) is 0 Å². The van der Waals surface area contributed by atoms with Crippen LogP contribution in [0.5, 0.6) is 11.5 Å². The molecule has 2 aromatic carbocycles. The lowest BCUT2D eigenvalue weighted by Gasteiger charge is -2.18. The average molecular weight is 313 g/mol. The summed E-state index contributed by atoms with van der Waals surface area (Å²) in [5.74, 6) is 1.01. The SMILES string of the molecule is COc1ccccc1OCC(=O)N[C@@H](C)c1cc(C)ccc1C. The predicted molar refractivity (Wildman–Crippen MR) is 91.0 cm³/mol.